The molecule has 2 aromatic rings. The molecule has 2 aliphatic rings. The highest BCUT2D eigenvalue weighted by molar-refractivity contribution is 6.36. The Morgan fingerprint density at radius 2 is 1.80 bits per heavy atom. The quantitative estimate of drug-likeness (QED) is 0.661. The Labute approximate surface area is 178 Å². The number of nitrogens with zero attached hydrogens (tertiary/aromatic N) is 3. The monoisotopic (exact) mass is 440 g/mol. The van der Waals surface area contributed by atoms with Gasteiger partial charge < -0.3 is 10.2 Å². The molecule has 0 saturated carbocycles. The molecule has 4 atom stereocenters. The lowest BCUT2D eigenvalue weighted by atomic mass is 9.97. The Kier molecular flexibility index (Phi) is 5.46. The summed E-state index contributed by atoms with van der Waals surface area (Å²) in [6.45, 7) is 3.89. The van der Waals surface area contributed by atoms with Gasteiger partial charge in [0.1, 0.15) is 10.8 Å². The molecule has 0 unspecified atom stereocenters. The number of aromatic nitrogens is 2. The number of hydrogen-bond donors (Lipinski definition) is 1. The number of halogens is 4. The van der Waals surface area contributed by atoms with E-state index in [1.807, 2.05) is 19.9 Å². The van der Waals surface area contributed by atoms with E-state index in [4.69, 9.17) is 11.6 Å². The second-order valence-electron chi connectivity index (χ2n) is 8.20. The Bertz CT molecular complexity index is 920. The van der Waals surface area contributed by atoms with Crippen LogP contribution >= 0.6 is 11.6 Å². The molecular formula is C21H24ClF3N4O. The molecule has 1 N–H and O–H groups in total. The standard InChI is InChI=1S/C21H24ClF3N4O/c1-12-7-6-8-13(2)28(12)20(30)18-17(22)19-26-15(14-9-4-3-5-10-14)11-16(21(23,24)25)29(19)27-18/h3-5,9-10,12-13,15-16,26H,6-8,11H2,1-2H3/t12-,13-,15+,16-/m0/s1. The van der Waals surface area contributed by atoms with E-state index in [2.05, 4.69) is 10.4 Å². The molecule has 1 amide bonds. The van der Waals surface area contributed by atoms with Gasteiger partial charge >= 0.3 is 6.18 Å². The molecule has 9 heteroatoms. The fourth-order valence-electron chi connectivity index (χ4n) is 4.57. The fraction of sp³-hybridized carbons (Fsp3) is 0.524. The average molecular weight is 441 g/mol. The smallest absolute Gasteiger partial charge is 0.362 e. The van der Waals surface area contributed by atoms with Crippen molar-refractivity contribution in [3.8, 4) is 0 Å². The van der Waals surface area contributed by atoms with Crippen molar-refractivity contribution in [3.05, 3.63) is 46.6 Å². The van der Waals surface area contributed by atoms with Gasteiger partial charge in [-0.25, -0.2) is 4.68 Å². The lowest BCUT2D eigenvalue weighted by Gasteiger charge is -2.38. The Hall–Kier alpha value is -2.22. The van der Waals surface area contributed by atoms with Crippen LogP contribution in [0.4, 0.5) is 19.0 Å². The first-order valence-electron chi connectivity index (χ1n) is 10.2. The van der Waals surface area contributed by atoms with Crippen LogP contribution in [0, 0.1) is 0 Å². The third-order valence-electron chi connectivity index (χ3n) is 6.13. The summed E-state index contributed by atoms with van der Waals surface area (Å²) < 4.78 is 42.6. The van der Waals surface area contributed by atoms with Crippen LogP contribution in [0.5, 0.6) is 0 Å². The molecule has 30 heavy (non-hydrogen) atoms. The topological polar surface area (TPSA) is 50.2 Å². The number of rotatable bonds is 2. The predicted octanol–water partition coefficient (Wildman–Crippen LogP) is 5.60. The van der Waals surface area contributed by atoms with Crippen molar-refractivity contribution in [2.24, 2.45) is 0 Å². The maximum atomic E-state index is 13.9. The zero-order chi connectivity index (χ0) is 21.6. The van der Waals surface area contributed by atoms with Crippen molar-refractivity contribution < 1.29 is 18.0 Å². The first-order valence-corrected chi connectivity index (χ1v) is 10.5. The van der Waals surface area contributed by atoms with Crippen molar-refractivity contribution in [2.75, 3.05) is 5.32 Å². The van der Waals surface area contributed by atoms with Crippen LogP contribution in [0.25, 0.3) is 0 Å². The van der Waals surface area contributed by atoms with Crippen molar-refractivity contribution in [3.63, 3.8) is 0 Å². The number of piperidine rings is 1. The van der Waals surface area contributed by atoms with Crippen LogP contribution in [-0.4, -0.2) is 38.8 Å². The van der Waals surface area contributed by atoms with Crippen molar-refractivity contribution in [1.82, 2.24) is 14.7 Å². The van der Waals surface area contributed by atoms with Crippen LogP contribution in [0.2, 0.25) is 5.02 Å². The van der Waals surface area contributed by atoms with Gasteiger partial charge in [0, 0.05) is 18.5 Å². The van der Waals surface area contributed by atoms with Gasteiger partial charge in [0.2, 0.25) is 0 Å². The summed E-state index contributed by atoms with van der Waals surface area (Å²) in [6, 6.07) is 6.43. The Morgan fingerprint density at radius 1 is 1.17 bits per heavy atom. The number of nitrogens with one attached hydrogen (secondary N) is 1. The lowest BCUT2D eigenvalue weighted by molar-refractivity contribution is -0.173. The Balaban J connectivity index is 1.74. The third kappa shape index (κ3) is 3.66. The molecule has 1 fully saturated rings. The summed E-state index contributed by atoms with van der Waals surface area (Å²) in [5.41, 5.74) is 0.601. The number of amides is 1. The number of alkyl halides is 3. The number of carbonyl (C=O) groups is 1. The maximum Gasteiger partial charge on any atom is 0.410 e. The van der Waals surface area contributed by atoms with Crippen LogP contribution in [0.15, 0.2) is 30.3 Å². The minimum Gasteiger partial charge on any atom is -0.362 e. The van der Waals surface area contributed by atoms with Crippen molar-refractivity contribution in [2.45, 2.75) is 69.9 Å². The highest BCUT2D eigenvalue weighted by atomic mass is 35.5. The van der Waals surface area contributed by atoms with Crippen molar-refractivity contribution >= 4 is 23.3 Å². The van der Waals surface area contributed by atoms with Crippen LogP contribution in [0.3, 0.4) is 0 Å². The normalized spacial score (nSPS) is 26.8. The van der Waals surface area contributed by atoms with Gasteiger partial charge in [-0.05, 0) is 38.7 Å². The number of hydrogen-bond acceptors (Lipinski definition) is 3. The second kappa shape index (κ2) is 7.80. The molecule has 1 saturated heterocycles. The van der Waals surface area contributed by atoms with Gasteiger partial charge in [-0.3, -0.25) is 4.79 Å². The lowest BCUT2D eigenvalue weighted by Crippen LogP contribution is -2.47. The van der Waals surface area contributed by atoms with E-state index in [1.165, 1.54) is 0 Å². The SMILES string of the molecule is C[C@H]1CCC[C@H](C)N1C(=O)c1nn2c(c1Cl)N[C@@H](c1ccccc1)C[C@H]2C(F)(F)F. The molecule has 5 nitrogen and oxygen atoms in total. The van der Waals surface area contributed by atoms with E-state index in [9.17, 15) is 18.0 Å². The van der Waals surface area contributed by atoms with Crippen LogP contribution in [-0.2, 0) is 0 Å². The molecule has 4 rings (SSSR count). The molecular weight excluding hydrogens is 417 g/mol. The number of carbonyl (C=O) groups excluding carboxylic acids is 1. The number of fused-ring (bicyclic) bond motifs is 1. The van der Waals surface area contributed by atoms with E-state index in [1.54, 1.807) is 29.2 Å². The highest BCUT2D eigenvalue weighted by Crippen LogP contribution is 2.46. The summed E-state index contributed by atoms with van der Waals surface area (Å²) in [4.78, 5) is 14.9. The molecule has 0 bridgehead atoms. The van der Waals surface area contributed by atoms with Gasteiger partial charge in [0.15, 0.2) is 11.7 Å². The second-order valence-corrected chi connectivity index (χ2v) is 8.58. The molecule has 162 valence electrons. The molecule has 2 aliphatic heterocycles. The minimum atomic E-state index is -4.52. The summed E-state index contributed by atoms with van der Waals surface area (Å²) in [6.07, 6.45) is -2.05. The summed E-state index contributed by atoms with van der Waals surface area (Å²) in [7, 11) is 0. The zero-order valence-corrected chi connectivity index (χ0v) is 17.5. The summed E-state index contributed by atoms with van der Waals surface area (Å²) in [5.74, 6) is -0.375. The van der Waals surface area contributed by atoms with Gasteiger partial charge in [0.05, 0.1) is 6.04 Å². The van der Waals surface area contributed by atoms with Gasteiger partial charge in [-0.15, -0.1) is 0 Å². The van der Waals surface area contributed by atoms with Crippen LogP contribution in [0.1, 0.15) is 67.7 Å². The number of anilines is 1. The highest BCUT2D eigenvalue weighted by Gasteiger charge is 2.48. The Morgan fingerprint density at radius 3 is 2.40 bits per heavy atom. The van der Waals surface area contributed by atoms with E-state index < -0.39 is 24.2 Å². The molecule has 0 spiro atoms. The molecule has 0 aliphatic carbocycles. The van der Waals surface area contributed by atoms with Crippen LogP contribution < -0.4 is 5.32 Å². The van der Waals surface area contributed by atoms with E-state index in [0.717, 1.165) is 29.5 Å². The summed E-state index contributed by atoms with van der Waals surface area (Å²) in [5, 5.41) is 7.11. The fourth-order valence-corrected chi connectivity index (χ4v) is 4.83. The first-order chi connectivity index (χ1) is 14.2. The van der Waals surface area contributed by atoms with E-state index in [0.29, 0.717) is 0 Å². The minimum absolute atomic E-state index is 0.0144. The van der Waals surface area contributed by atoms with E-state index >= 15 is 0 Å². The molecule has 0 radical (unpaired) electrons. The largest absolute Gasteiger partial charge is 0.410 e. The number of likely N-dealkylation sites (tertiary alicyclic amines) is 1. The molecule has 1 aromatic heterocycles. The first kappa shape index (κ1) is 21.0. The third-order valence-corrected chi connectivity index (χ3v) is 6.49. The van der Waals surface area contributed by atoms with Gasteiger partial charge in [0.25, 0.3) is 5.91 Å². The number of benzene rings is 1. The van der Waals surface area contributed by atoms with Crippen molar-refractivity contribution in [1.29, 1.82) is 0 Å². The summed E-state index contributed by atoms with van der Waals surface area (Å²) >= 11 is 6.46. The van der Waals surface area contributed by atoms with Gasteiger partial charge in [-0.2, -0.15) is 18.3 Å². The average Bonchev–Trinajstić information content (AvgIpc) is 3.03. The molecule has 1 aromatic carbocycles. The predicted molar refractivity (Wildman–Crippen MR) is 109 cm³/mol. The van der Waals surface area contributed by atoms with E-state index in [-0.39, 0.29) is 35.0 Å². The zero-order valence-electron chi connectivity index (χ0n) is 16.8. The molecule has 3 heterocycles. The van der Waals surface area contributed by atoms with Gasteiger partial charge in [-0.1, -0.05) is 41.9 Å². The maximum absolute atomic E-state index is 13.9.